The lowest BCUT2D eigenvalue weighted by atomic mass is 9.95. The molecule has 6 heteroatoms. The van der Waals surface area contributed by atoms with Crippen LogP contribution in [0.15, 0.2) is 0 Å². The molecular weight excluding hydrogens is 200 g/mol. The first-order chi connectivity index (χ1) is 7.08. The molecule has 2 N–H and O–H groups in total. The zero-order valence-corrected chi connectivity index (χ0v) is 8.93. The second-order valence-electron chi connectivity index (χ2n) is 3.59. The topological polar surface area (TPSA) is 81.9 Å². The van der Waals surface area contributed by atoms with Gasteiger partial charge in [0.2, 0.25) is 0 Å². The van der Waals surface area contributed by atoms with Crippen LogP contribution in [-0.4, -0.2) is 50.3 Å². The molecule has 2 unspecified atom stereocenters. The van der Waals surface area contributed by atoms with Gasteiger partial charge in [-0.05, 0) is 6.42 Å². The lowest BCUT2D eigenvalue weighted by Gasteiger charge is -2.33. The van der Waals surface area contributed by atoms with Crippen molar-refractivity contribution in [1.29, 1.82) is 0 Å². The van der Waals surface area contributed by atoms with E-state index >= 15 is 0 Å². The van der Waals surface area contributed by atoms with Crippen molar-refractivity contribution < 1.29 is 19.1 Å². The molecule has 1 amide bonds. The van der Waals surface area contributed by atoms with Gasteiger partial charge >= 0.3 is 12.1 Å². The normalized spacial score (nSPS) is 25.9. The van der Waals surface area contributed by atoms with Crippen molar-refractivity contribution in [3.8, 4) is 0 Å². The maximum Gasteiger partial charge on any atom is 0.409 e. The fourth-order valence-electron chi connectivity index (χ4n) is 1.75. The summed E-state index contributed by atoms with van der Waals surface area (Å²) < 4.78 is 9.21. The summed E-state index contributed by atoms with van der Waals surface area (Å²) in [5, 5.41) is 0. The summed E-state index contributed by atoms with van der Waals surface area (Å²) in [4.78, 5) is 24.0. The van der Waals surface area contributed by atoms with Gasteiger partial charge in [-0.15, -0.1) is 0 Å². The molecule has 0 radical (unpaired) electrons. The van der Waals surface area contributed by atoms with E-state index in [1.54, 1.807) is 0 Å². The third-order valence-electron chi connectivity index (χ3n) is 2.45. The molecule has 86 valence electrons. The predicted octanol–water partition coefficient (Wildman–Crippen LogP) is -0.425. The lowest BCUT2D eigenvalue weighted by molar-refractivity contribution is -0.147. The number of likely N-dealkylation sites (tertiary alicyclic amines) is 1. The molecule has 0 aromatic heterocycles. The molecule has 0 aromatic carbocycles. The van der Waals surface area contributed by atoms with E-state index in [9.17, 15) is 9.59 Å². The Morgan fingerprint density at radius 1 is 1.27 bits per heavy atom. The highest BCUT2D eigenvalue weighted by molar-refractivity contribution is 5.74. The number of amides is 1. The summed E-state index contributed by atoms with van der Waals surface area (Å²) in [6.45, 7) is 0.729. The van der Waals surface area contributed by atoms with E-state index in [1.807, 2.05) is 0 Å². The Balaban J connectivity index is 2.63. The van der Waals surface area contributed by atoms with E-state index in [0.29, 0.717) is 19.5 Å². The molecule has 15 heavy (non-hydrogen) atoms. The number of carbonyl (C=O) groups is 2. The van der Waals surface area contributed by atoms with Crippen molar-refractivity contribution in [1.82, 2.24) is 4.90 Å². The zero-order chi connectivity index (χ0) is 11.4. The number of ether oxygens (including phenoxy) is 2. The van der Waals surface area contributed by atoms with Gasteiger partial charge in [0.05, 0.1) is 20.1 Å². The third kappa shape index (κ3) is 2.82. The summed E-state index contributed by atoms with van der Waals surface area (Å²) >= 11 is 0. The van der Waals surface area contributed by atoms with Gasteiger partial charge in [-0.2, -0.15) is 0 Å². The number of nitrogens with zero attached hydrogens (tertiary/aromatic N) is 1. The van der Waals surface area contributed by atoms with Gasteiger partial charge in [0.1, 0.15) is 0 Å². The van der Waals surface area contributed by atoms with Crippen LogP contribution in [0, 0.1) is 5.92 Å². The van der Waals surface area contributed by atoms with Gasteiger partial charge in [-0.3, -0.25) is 4.79 Å². The van der Waals surface area contributed by atoms with Crippen molar-refractivity contribution >= 4 is 12.1 Å². The fraction of sp³-hybridized carbons (Fsp3) is 0.778. The predicted molar refractivity (Wildman–Crippen MR) is 52.1 cm³/mol. The Morgan fingerprint density at radius 2 is 1.93 bits per heavy atom. The van der Waals surface area contributed by atoms with Gasteiger partial charge in [-0.25, -0.2) is 4.79 Å². The zero-order valence-electron chi connectivity index (χ0n) is 8.93. The van der Waals surface area contributed by atoms with Crippen LogP contribution >= 0.6 is 0 Å². The standard InChI is InChI=1S/C9H16N2O4/c1-14-8(12)6-3-7(10)5-11(4-6)9(13)15-2/h6-7H,3-5,10H2,1-2H3. The molecule has 6 nitrogen and oxygen atoms in total. The number of rotatable bonds is 1. The summed E-state index contributed by atoms with van der Waals surface area (Å²) in [6, 6.07) is -0.207. The van der Waals surface area contributed by atoms with Crippen molar-refractivity contribution in [3.05, 3.63) is 0 Å². The molecule has 1 fully saturated rings. The molecule has 1 heterocycles. The highest BCUT2D eigenvalue weighted by atomic mass is 16.5. The minimum atomic E-state index is -0.459. The summed E-state index contributed by atoms with van der Waals surface area (Å²) in [7, 11) is 2.63. The minimum Gasteiger partial charge on any atom is -0.469 e. The molecule has 0 saturated carbocycles. The van der Waals surface area contributed by atoms with Gasteiger partial charge in [0, 0.05) is 19.1 Å². The first kappa shape index (κ1) is 11.8. The van der Waals surface area contributed by atoms with Crippen LogP contribution in [0.25, 0.3) is 0 Å². The van der Waals surface area contributed by atoms with Crippen LogP contribution in [0.3, 0.4) is 0 Å². The van der Waals surface area contributed by atoms with Crippen LogP contribution < -0.4 is 5.73 Å². The van der Waals surface area contributed by atoms with Crippen molar-refractivity contribution in [2.24, 2.45) is 11.7 Å². The van der Waals surface area contributed by atoms with E-state index in [1.165, 1.54) is 19.1 Å². The maximum absolute atomic E-state index is 11.3. The Labute approximate surface area is 88.3 Å². The van der Waals surface area contributed by atoms with Gasteiger partial charge in [0.25, 0.3) is 0 Å². The number of carbonyl (C=O) groups excluding carboxylic acids is 2. The van der Waals surface area contributed by atoms with Crippen LogP contribution in [0.5, 0.6) is 0 Å². The van der Waals surface area contributed by atoms with Crippen LogP contribution in [0.4, 0.5) is 4.79 Å². The number of piperidine rings is 1. The van der Waals surface area contributed by atoms with Gasteiger partial charge in [0.15, 0.2) is 0 Å². The molecule has 0 aromatic rings. The number of methoxy groups -OCH3 is 2. The average molecular weight is 216 g/mol. The maximum atomic E-state index is 11.3. The van der Waals surface area contributed by atoms with Crippen molar-refractivity contribution in [3.63, 3.8) is 0 Å². The van der Waals surface area contributed by atoms with Gasteiger partial charge < -0.3 is 20.1 Å². The first-order valence-electron chi connectivity index (χ1n) is 4.74. The number of hydrogen-bond donors (Lipinski definition) is 1. The average Bonchev–Trinajstić information content (AvgIpc) is 2.26. The lowest BCUT2D eigenvalue weighted by Crippen LogP contribution is -2.51. The molecule has 0 spiro atoms. The third-order valence-corrected chi connectivity index (χ3v) is 2.45. The van der Waals surface area contributed by atoms with Crippen LogP contribution in [0.1, 0.15) is 6.42 Å². The Kier molecular flexibility index (Phi) is 3.90. The quantitative estimate of drug-likeness (QED) is 0.602. The van der Waals surface area contributed by atoms with Crippen LogP contribution in [-0.2, 0) is 14.3 Å². The van der Waals surface area contributed by atoms with Crippen molar-refractivity contribution in [2.45, 2.75) is 12.5 Å². The Morgan fingerprint density at radius 3 is 2.47 bits per heavy atom. The highest BCUT2D eigenvalue weighted by Gasteiger charge is 2.33. The van der Waals surface area contributed by atoms with E-state index in [0.717, 1.165) is 0 Å². The Hall–Kier alpha value is -1.30. The summed E-state index contributed by atoms with van der Waals surface area (Å²) in [6.07, 6.45) is 0.0826. The largest absolute Gasteiger partial charge is 0.469 e. The molecule has 1 saturated heterocycles. The second kappa shape index (κ2) is 4.97. The highest BCUT2D eigenvalue weighted by Crippen LogP contribution is 2.17. The number of esters is 1. The number of hydrogen-bond acceptors (Lipinski definition) is 5. The molecule has 2 atom stereocenters. The van der Waals surface area contributed by atoms with Crippen LogP contribution in [0.2, 0.25) is 0 Å². The smallest absolute Gasteiger partial charge is 0.409 e. The molecule has 0 bridgehead atoms. The summed E-state index contributed by atoms with van der Waals surface area (Å²) in [5.74, 6) is -0.683. The molecule has 1 rings (SSSR count). The molecule has 1 aliphatic heterocycles. The number of nitrogens with two attached hydrogens (primary N) is 1. The molecule has 0 aliphatic carbocycles. The van der Waals surface area contributed by atoms with E-state index < -0.39 is 6.09 Å². The van der Waals surface area contributed by atoms with Crippen molar-refractivity contribution in [2.75, 3.05) is 27.3 Å². The van der Waals surface area contributed by atoms with E-state index in [4.69, 9.17) is 5.73 Å². The first-order valence-corrected chi connectivity index (χ1v) is 4.74. The van der Waals surface area contributed by atoms with E-state index in [-0.39, 0.29) is 17.9 Å². The summed E-state index contributed by atoms with van der Waals surface area (Å²) in [5.41, 5.74) is 5.74. The van der Waals surface area contributed by atoms with Gasteiger partial charge in [-0.1, -0.05) is 0 Å². The Bertz CT molecular complexity index is 232. The van der Waals surface area contributed by atoms with E-state index in [2.05, 4.69) is 9.47 Å². The fourth-order valence-corrected chi connectivity index (χ4v) is 1.75. The minimum absolute atomic E-state index is 0.207. The monoisotopic (exact) mass is 216 g/mol. The molecular formula is C9H16N2O4. The molecule has 1 aliphatic rings. The second-order valence-corrected chi connectivity index (χ2v) is 3.59. The SMILES string of the molecule is COC(=O)C1CC(N)CN(C(=O)OC)C1.